The Labute approximate surface area is 133 Å². The molecule has 2 N–H and O–H groups in total. The number of hydrogen-bond donors (Lipinski definition) is 2. The molecule has 1 aliphatic carbocycles. The Morgan fingerprint density at radius 1 is 1.05 bits per heavy atom. The molecule has 120 valence electrons. The Bertz CT molecular complexity index is 471. The number of amides is 1. The molecule has 0 radical (unpaired) electrons. The van der Waals surface area contributed by atoms with E-state index < -0.39 is 0 Å². The summed E-state index contributed by atoms with van der Waals surface area (Å²) < 4.78 is 0. The van der Waals surface area contributed by atoms with Crippen LogP contribution < -0.4 is 10.6 Å². The van der Waals surface area contributed by atoms with Crippen molar-refractivity contribution in [3.05, 3.63) is 35.9 Å². The average molecular weight is 300 g/mol. The fourth-order valence-electron chi connectivity index (χ4n) is 3.97. The Hall–Kier alpha value is -1.35. The molecular formula is C19H28N2O. The maximum atomic E-state index is 12.9. The highest BCUT2D eigenvalue weighted by Gasteiger charge is 2.36. The summed E-state index contributed by atoms with van der Waals surface area (Å²) in [6.45, 7) is 1.89. The second-order valence-corrected chi connectivity index (χ2v) is 6.91. The summed E-state index contributed by atoms with van der Waals surface area (Å²) in [5.41, 5.74) is 1.02. The molecule has 2 fully saturated rings. The molecule has 1 saturated heterocycles. The van der Waals surface area contributed by atoms with Gasteiger partial charge >= 0.3 is 0 Å². The van der Waals surface area contributed by atoms with Gasteiger partial charge in [-0.05, 0) is 37.8 Å². The SMILES string of the molecule is O=C(N[C@]1(c2ccccc2)CCCNC1)C1CCCCCC1. The molecule has 1 heterocycles. The number of hydrogen-bond acceptors (Lipinski definition) is 2. The molecule has 1 aromatic rings. The molecule has 3 rings (SSSR count). The van der Waals surface area contributed by atoms with Crippen LogP contribution >= 0.6 is 0 Å². The van der Waals surface area contributed by atoms with Gasteiger partial charge in [-0.15, -0.1) is 0 Å². The van der Waals surface area contributed by atoms with Crippen LogP contribution in [0.4, 0.5) is 0 Å². The lowest BCUT2D eigenvalue weighted by molar-refractivity contribution is -0.127. The molecule has 0 bridgehead atoms. The van der Waals surface area contributed by atoms with Crippen LogP contribution in [0.15, 0.2) is 30.3 Å². The molecular weight excluding hydrogens is 272 g/mol. The highest BCUT2D eigenvalue weighted by Crippen LogP contribution is 2.30. The van der Waals surface area contributed by atoms with E-state index in [1.807, 2.05) is 6.07 Å². The van der Waals surface area contributed by atoms with Gasteiger partial charge in [0.1, 0.15) is 0 Å². The zero-order valence-electron chi connectivity index (χ0n) is 13.4. The van der Waals surface area contributed by atoms with E-state index in [2.05, 4.69) is 34.9 Å². The molecule has 1 aromatic carbocycles. The van der Waals surface area contributed by atoms with Crippen LogP contribution in [0.3, 0.4) is 0 Å². The molecule has 1 saturated carbocycles. The van der Waals surface area contributed by atoms with Crippen molar-refractivity contribution in [1.82, 2.24) is 10.6 Å². The number of piperidine rings is 1. The molecule has 2 aliphatic rings. The number of carbonyl (C=O) groups is 1. The fraction of sp³-hybridized carbons (Fsp3) is 0.632. The minimum Gasteiger partial charge on any atom is -0.345 e. The highest BCUT2D eigenvalue weighted by molar-refractivity contribution is 5.79. The van der Waals surface area contributed by atoms with Crippen molar-refractivity contribution in [2.75, 3.05) is 13.1 Å². The predicted molar refractivity (Wildman–Crippen MR) is 89.6 cm³/mol. The molecule has 1 aliphatic heterocycles. The van der Waals surface area contributed by atoms with Crippen molar-refractivity contribution in [1.29, 1.82) is 0 Å². The second-order valence-electron chi connectivity index (χ2n) is 6.91. The first-order valence-electron chi connectivity index (χ1n) is 8.88. The first kappa shape index (κ1) is 15.5. The summed E-state index contributed by atoms with van der Waals surface area (Å²) in [6.07, 6.45) is 9.24. The van der Waals surface area contributed by atoms with Gasteiger partial charge in [0.2, 0.25) is 5.91 Å². The smallest absolute Gasteiger partial charge is 0.223 e. The van der Waals surface area contributed by atoms with Crippen LogP contribution in [0.2, 0.25) is 0 Å². The molecule has 3 heteroatoms. The Balaban J connectivity index is 1.76. The number of benzene rings is 1. The predicted octanol–water partition coefficient (Wildman–Crippen LogP) is 3.35. The van der Waals surface area contributed by atoms with Crippen LogP contribution in [0, 0.1) is 5.92 Å². The lowest BCUT2D eigenvalue weighted by atomic mass is 9.82. The molecule has 3 nitrogen and oxygen atoms in total. The lowest BCUT2D eigenvalue weighted by Gasteiger charge is -2.40. The molecule has 1 amide bonds. The molecule has 0 unspecified atom stereocenters. The van der Waals surface area contributed by atoms with Gasteiger partial charge in [-0.1, -0.05) is 56.0 Å². The van der Waals surface area contributed by atoms with Crippen molar-refractivity contribution < 1.29 is 4.79 Å². The van der Waals surface area contributed by atoms with Crippen LogP contribution in [-0.4, -0.2) is 19.0 Å². The Morgan fingerprint density at radius 2 is 1.77 bits per heavy atom. The van der Waals surface area contributed by atoms with E-state index in [1.165, 1.54) is 31.2 Å². The van der Waals surface area contributed by atoms with Crippen molar-refractivity contribution >= 4 is 5.91 Å². The van der Waals surface area contributed by atoms with Gasteiger partial charge in [-0.3, -0.25) is 4.79 Å². The highest BCUT2D eigenvalue weighted by atomic mass is 16.2. The Morgan fingerprint density at radius 3 is 2.41 bits per heavy atom. The Kier molecular flexibility index (Phi) is 5.14. The van der Waals surface area contributed by atoms with E-state index in [4.69, 9.17) is 0 Å². The monoisotopic (exact) mass is 300 g/mol. The molecule has 22 heavy (non-hydrogen) atoms. The molecule has 0 spiro atoms. The third-order valence-electron chi connectivity index (χ3n) is 5.30. The van der Waals surface area contributed by atoms with Gasteiger partial charge in [0.15, 0.2) is 0 Å². The topological polar surface area (TPSA) is 41.1 Å². The van der Waals surface area contributed by atoms with Crippen molar-refractivity contribution in [2.45, 2.75) is 56.9 Å². The van der Waals surface area contributed by atoms with E-state index in [9.17, 15) is 4.79 Å². The maximum absolute atomic E-state index is 12.9. The summed E-state index contributed by atoms with van der Waals surface area (Å²) in [7, 11) is 0. The second kappa shape index (κ2) is 7.28. The summed E-state index contributed by atoms with van der Waals surface area (Å²) in [5, 5.41) is 6.92. The number of nitrogens with one attached hydrogen (secondary N) is 2. The van der Waals surface area contributed by atoms with Gasteiger partial charge < -0.3 is 10.6 Å². The minimum atomic E-state index is -0.219. The summed E-state index contributed by atoms with van der Waals surface area (Å²) in [4.78, 5) is 12.9. The van der Waals surface area contributed by atoms with E-state index in [0.717, 1.165) is 38.8 Å². The standard InChI is InChI=1S/C19H28N2O/c22-18(16-9-4-1-2-5-10-16)21-19(13-8-14-20-15-19)17-11-6-3-7-12-17/h3,6-7,11-12,16,20H,1-2,4-5,8-10,13-15H2,(H,21,22)/t19-/m1/s1. The first-order chi connectivity index (χ1) is 10.8. The van der Waals surface area contributed by atoms with E-state index in [1.54, 1.807) is 0 Å². The zero-order valence-corrected chi connectivity index (χ0v) is 13.4. The average Bonchev–Trinajstić information content (AvgIpc) is 2.86. The van der Waals surface area contributed by atoms with Crippen molar-refractivity contribution in [3.63, 3.8) is 0 Å². The molecule has 0 aromatic heterocycles. The lowest BCUT2D eigenvalue weighted by Crippen LogP contribution is -2.56. The zero-order chi connectivity index (χ0) is 15.3. The molecule has 1 atom stereocenters. The van der Waals surface area contributed by atoms with E-state index in [0.29, 0.717) is 0 Å². The van der Waals surface area contributed by atoms with Crippen LogP contribution in [0.5, 0.6) is 0 Å². The fourth-order valence-corrected chi connectivity index (χ4v) is 3.97. The quantitative estimate of drug-likeness (QED) is 0.841. The summed E-state index contributed by atoms with van der Waals surface area (Å²) in [5.74, 6) is 0.486. The van der Waals surface area contributed by atoms with Gasteiger partial charge in [0, 0.05) is 12.5 Å². The first-order valence-corrected chi connectivity index (χ1v) is 8.88. The van der Waals surface area contributed by atoms with Crippen LogP contribution in [-0.2, 0) is 10.3 Å². The normalized spacial score (nSPS) is 27.1. The van der Waals surface area contributed by atoms with Crippen LogP contribution in [0.25, 0.3) is 0 Å². The third kappa shape index (κ3) is 3.52. The van der Waals surface area contributed by atoms with Gasteiger partial charge in [-0.2, -0.15) is 0 Å². The van der Waals surface area contributed by atoms with Crippen LogP contribution in [0.1, 0.15) is 56.9 Å². The largest absolute Gasteiger partial charge is 0.345 e. The number of carbonyl (C=O) groups excluding carboxylic acids is 1. The maximum Gasteiger partial charge on any atom is 0.223 e. The summed E-state index contributed by atoms with van der Waals surface area (Å²) >= 11 is 0. The summed E-state index contributed by atoms with van der Waals surface area (Å²) in [6, 6.07) is 10.5. The van der Waals surface area contributed by atoms with Gasteiger partial charge in [-0.25, -0.2) is 0 Å². The van der Waals surface area contributed by atoms with E-state index >= 15 is 0 Å². The minimum absolute atomic E-state index is 0.213. The van der Waals surface area contributed by atoms with Gasteiger partial charge in [0.25, 0.3) is 0 Å². The van der Waals surface area contributed by atoms with Crippen molar-refractivity contribution in [2.24, 2.45) is 5.92 Å². The third-order valence-corrected chi connectivity index (χ3v) is 5.30. The van der Waals surface area contributed by atoms with E-state index in [-0.39, 0.29) is 17.4 Å². The number of rotatable bonds is 3. The van der Waals surface area contributed by atoms with Gasteiger partial charge in [0.05, 0.1) is 5.54 Å². The van der Waals surface area contributed by atoms with Crippen molar-refractivity contribution in [3.8, 4) is 0 Å².